The topological polar surface area (TPSA) is 0 Å². The summed E-state index contributed by atoms with van der Waals surface area (Å²) in [6.45, 7) is 7.81. The highest BCUT2D eigenvalue weighted by atomic mass is 19.2. The average Bonchev–Trinajstić information content (AvgIpc) is 2.26. The summed E-state index contributed by atoms with van der Waals surface area (Å²) in [5.74, 6) is -5.72. The predicted molar refractivity (Wildman–Crippen MR) is 63.7 cm³/mol. The van der Waals surface area contributed by atoms with Crippen LogP contribution in [0.1, 0.15) is 58.1 Å². The normalized spacial score (nSPS) is 12.3. The first kappa shape index (κ1) is 15.0. The minimum Gasteiger partial charge on any atom is -0.203 e. The van der Waals surface area contributed by atoms with Crippen molar-refractivity contribution in [3.63, 3.8) is 0 Å². The molecule has 0 heterocycles. The summed E-state index contributed by atoms with van der Waals surface area (Å²) in [7, 11) is 0. The number of hydrogen-bond donors (Lipinski definition) is 0. The highest BCUT2D eigenvalue weighted by Gasteiger charge is 2.33. The van der Waals surface area contributed by atoms with Crippen LogP contribution in [0, 0.1) is 23.3 Å². The van der Waals surface area contributed by atoms with Crippen molar-refractivity contribution in [2.24, 2.45) is 0 Å². The maximum Gasteiger partial charge on any atom is 0.165 e. The van der Waals surface area contributed by atoms with Gasteiger partial charge in [-0.25, -0.2) is 17.6 Å². The lowest BCUT2D eigenvalue weighted by Gasteiger charge is -2.26. The summed E-state index contributed by atoms with van der Waals surface area (Å²) < 4.78 is 55.6. The van der Waals surface area contributed by atoms with Crippen LogP contribution in [0.4, 0.5) is 17.6 Å². The Labute approximate surface area is 105 Å². The van der Waals surface area contributed by atoms with Gasteiger partial charge in [0.25, 0.3) is 0 Å². The van der Waals surface area contributed by atoms with Crippen molar-refractivity contribution in [2.45, 2.75) is 52.4 Å². The van der Waals surface area contributed by atoms with Crippen LogP contribution in [0.5, 0.6) is 0 Å². The fourth-order valence-corrected chi connectivity index (χ4v) is 1.93. The lowest BCUT2D eigenvalue weighted by Crippen LogP contribution is -2.23. The SMILES string of the molecule is CCC(C)(C)c1c(F)c(F)c(C(C)C)c(F)c1F. The van der Waals surface area contributed by atoms with Gasteiger partial charge in [0.05, 0.1) is 0 Å². The molecule has 4 heteroatoms. The van der Waals surface area contributed by atoms with Crippen LogP contribution in [0.25, 0.3) is 0 Å². The van der Waals surface area contributed by atoms with Gasteiger partial charge in [0.1, 0.15) is 0 Å². The average molecular weight is 262 g/mol. The Morgan fingerprint density at radius 3 is 1.56 bits per heavy atom. The Morgan fingerprint density at radius 2 is 1.28 bits per heavy atom. The molecule has 0 amide bonds. The van der Waals surface area contributed by atoms with E-state index in [1.807, 2.05) is 0 Å². The second-order valence-electron chi connectivity index (χ2n) is 5.44. The maximum atomic E-state index is 14.0. The highest BCUT2D eigenvalue weighted by molar-refractivity contribution is 5.35. The van der Waals surface area contributed by atoms with Crippen molar-refractivity contribution in [1.82, 2.24) is 0 Å². The third-order valence-corrected chi connectivity index (χ3v) is 3.44. The number of benzene rings is 1. The van der Waals surface area contributed by atoms with Crippen molar-refractivity contribution in [2.75, 3.05) is 0 Å². The first-order chi connectivity index (χ1) is 8.15. The maximum absolute atomic E-state index is 14.0. The van der Waals surface area contributed by atoms with Gasteiger partial charge in [0, 0.05) is 11.1 Å². The minimum absolute atomic E-state index is 0.376. The molecule has 1 aromatic rings. The summed E-state index contributed by atoms with van der Waals surface area (Å²) in [6.07, 6.45) is 0.376. The number of halogens is 4. The fraction of sp³-hybridized carbons (Fsp3) is 0.571. The van der Waals surface area contributed by atoms with Gasteiger partial charge in [0.15, 0.2) is 23.3 Å². The summed E-state index contributed by atoms with van der Waals surface area (Å²) in [4.78, 5) is 0. The molecule has 0 aliphatic rings. The second kappa shape index (κ2) is 4.90. The molecule has 0 nitrogen and oxygen atoms in total. The predicted octanol–water partition coefficient (Wildman–Crippen LogP) is 5.05. The lowest BCUT2D eigenvalue weighted by molar-refractivity contribution is 0.375. The van der Waals surface area contributed by atoms with Crippen LogP contribution >= 0.6 is 0 Å². The van der Waals surface area contributed by atoms with Crippen LogP contribution < -0.4 is 0 Å². The molecule has 0 bridgehead atoms. The van der Waals surface area contributed by atoms with Crippen LogP contribution in [0.2, 0.25) is 0 Å². The zero-order valence-electron chi connectivity index (χ0n) is 11.3. The quantitative estimate of drug-likeness (QED) is 0.528. The van der Waals surface area contributed by atoms with Gasteiger partial charge in [-0.1, -0.05) is 34.6 Å². The Kier molecular flexibility index (Phi) is 4.08. The van der Waals surface area contributed by atoms with E-state index in [-0.39, 0.29) is 0 Å². The van der Waals surface area contributed by atoms with Gasteiger partial charge in [-0.2, -0.15) is 0 Å². The van der Waals surface area contributed by atoms with E-state index in [1.165, 1.54) is 13.8 Å². The van der Waals surface area contributed by atoms with E-state index in [0.717, 1.165) is 0 Å². The molecule has 1 rings (SSSR count). The summed E-state index contributed by atoms with van der Waals surface area (Å²) >= 11 is 0. The second-order valence-corrected chi connectivity index (χ2v) is 5.44. The van der Waals surface area contributed by atoms with E-state index < -0.39 is 45.7 Å². The van der Waals surface area contributed by atoms with Crippen molar-refractivity contribution in [1.29, 1.82) is 0 Å². The Balaban J connectivity index is 3.69. The monoisotopic (exact) mass is 262 g/mol. The van der Waals surface area contributed by atoms with E-state index in [1.54, 1.807) is 20.8 Å². The Morgan fingerprint density at radius 1 is 0.889 bits per heavy atom. The van der Waals surface area contributed by atoms with Crippen LogP contribution in [-0.2, 0) is 5.41 Å². The van der Waals surface area contributed by atoms with E-state index >= 15 is 0 Å². The molecule has 0 atom stereocenters. The first-order valence-electron chi connectivity index (χ1n) is 6.01. The Hall–Kier alpha value is -1.06. The zero-order valence-corrected chi connectivity index (χ0v) is 11.3. The van der Waals surface area contributed by atoms with Crippen LogP contribution in [-0.4, -0.2) is 0 Å². The van der Waals surface area contributed by atoms with Crippen molar-refractivity contribution in [3.05, 3.63) is 34.4 Å². The molecule has 1 aromatic carbocycles. The zero-order chi connectivity index (χ0) is 14.2. The smallest absolute Gasteiger partial charge is 0.165 e. The van der Waals surface area contributed by atoms with E-state index in [0.29, 0.717) is 6.42 Å². The molecular weight excluding hydrogens is 244 g/mol. The molecule has 18 heavy (non-hydrogen) atoms. The van der Waals surface area contributed by atoms with Crippen LogP contribution in [0.3, 0.4) is 0 Å². The number of hydrogen-bond acceptors (Lipinski definition) is 0. The molecule has 0 aliphatic heterocycles. The van der Waals surface area contributed by atoms with Crippen LogP contribution in [0.15, 0.2) is 0 Å². The standard InChI is InChI=1S/C14H18F4/c1-6-14(4,5)9-12(17)10(15)8(7(2)3)11(16)13(9)18/h7H,6H2,1-5H3. The Bertz CT molecular complexity index is 432. The molecule has 0 spiro atoms. The molecule has 0 unspecified atom stereocenters. The molecule has 102 valence electrons. The van der Waals surface area contributed by atoms with Crippen molar-refractivity contribution in [3.8, 4) is 0 Å². The third kappa shape index (κ3) is 2.25. The molecule has 0 saturated heterocycles. The minimum atomic E-state index is -1.28. The largest absolute Gasteiger partial charge is 0.203 e. The molecule has 0 radical (unpaired) electrons. The van der Waals surface area contributed by atoms with E-state index in [4.69, 9.17) is 0 Å². The molecule has 0 saturated carbocycles. The summed E-state index contributed by atoms with van der Waals surface area (Å²) in [6, 6.07) is 0. The highest BCUT2D eigenvalue weighted by Crippen LogP contribution is 2.37. The van der Waals surface area contributed by atoms with Gasteiger partial charge < -0.3 is 0 Å². The van der Waals surface area contributed by atoms with Gasteiger partial charge in [-0.15, -0.1) is 0 Å². The third-order valence-electron chi connectivity index (χ3n) is 3.44. The van der Waals surface area contributed by atoms with Crippen molar-refractivity contribution < 1.29 is 17.6 Å². The first-order valence-corrected chi connectivity index (χ1v) is 6.01. The summed E-state index contributed by atoms with van der Waals surface area (Å²) in [5.41, 5.74) is -1.99. The van der Waals surface area contributed by atoms with Gasteiger partial charge in [-0.05, 0) is 17.8 Å². The van der Waals surface area contributed by atoms with Gasteiger partial charge in [0.2, 0.25) is 0 Å². The van der Waals surface area contributed by atoms with Crippen molar-refractivity contribution >= 4 is 0 Å². The lowest BCUT2D eigenvalue weighted by atomic mass is 9.80. The molecule has 0 aliphatic carbocycles. The van der Waals surface area contributed by atoms with E-state index in [2.05, 4.69) is 0 Å². The fourth-order valence-electron chi connectivity index (χ4n) is 1.93. The van der Waals surface area contributed by atoms with Gasteiger partial charge in [-0.3, -0.25) is 0 Å². The van der Waals surface area contributed by atoms with Gasteiger partial charge >= 0.3 is 0 Å². The van der Waals surface area contributed by atoms with E-state index in [9.17, 15) is 17.6 Å². The molecule has 0 aromatic heterocycles. The molecule has 0 N–H and O–H groups in total. The molecule has 0 fully saturated rings. The molecular formula is C14H18F4. The number of rotatable bonds is 3. The summed E-state index contributed by atoms with van der Waals surface area (Å²) in [5, 5.41) is 0.